The molecule has 0 radical (unpaired) electrons. The second-order valence-corrected chi connectivity index (χ2v) is 5.18. The van der Waals surface area contributed by atoms with Crippen LogP contribution in [0.2, 0.25) is 0 Å². The number of aromatic nitrogens is 2. The molecule has 1 aliphatic rings. The minimum atomic E-state index is -0.0932. The van der Waals surface area contributed by atoms with Gasteiger partial charge >= 0.3 is 0 Å². The first kappa shape index (κ1) is 13.1. The molecule has 2 N–H and O–H groups in total. The Morgan fingerprint density at radius 3 is 2.89 bits per heavy atom. The van der Waals surface area contributed by atoms with E-state index in [-0.39, 0.29) is 5.56 Å². The molecular formula is C13H22N4O. The van der Waals surface area contributed by atoms with Crippen molar-refractivity contribution >= 4 is 5.82 Å². The molecule has 0 unspecified atom stereocenters. The van der Waals surface area contributed by atoms with Gasteiger partial charge in [0.15, 0.2) is 0 Å². The first-order valence-corrected chi connectivity index (χ1v) is 6.64. The fourth-order valence-electron chi connectivity index (χ4n) is 2.43. The Bertz CT molecular complexity index is 435. The van der Waals surface area contributed by atoms with E-state index in [4.69, 9.17) is 0 Å². The SMILES string of the molecule is Cc1nc(NCCC2CCN(C)CC2)cc(=O)[nH]1. The summed E-state index contributed by atoms with van der Waals surface area (Å²) < 4.78 is 0. The number of piperidine rings is 1. The van der Waals surface area contributed by atoms with E-state index in [1.165, 1.54) is 32.0 Å². The number of hydrogen-bond donors (Lipinski definition) is 2. The molecule has 2 heterocycles. The Morgan fingerprint density at radius 1 is 1.50 bits per heavy atom. The summed E-state index contributed by atoms with van der Waals surface area (Å²) in [5.74, 6) is 2.14. The highest BCUT2D eigenvalue weighted by molar-refractivity contribution is 5.32. The van der Waals surface area contributed by atoms with Gasteiger partial charge in [0, 0.05) is 12.6 Å². The topological polar surface area (TPSA) is 61.0 Å². The molecule has 1 aromatic rings. The van der Waals surface area contributed by atoms with Crippen molar-refractivity contribution in [2.45, 2.75) is 26.2 Å². The maximum Gasteiger partial charge on any atom is 0.252 e. The summed E-state index contributed by atoms with van der Waals surface area (Å²) >= 11 is 0. The van der Waals surface area contributed by atoms with E-state index >= 15 is 0 Å². The van der Waals surface area contributed by atoms with Crippen LogP contribution in [0.1, 0.15) is 25.1 Å². The number of aryl methyl sites for hydroxylation is 1. The summed E-state index contributed by atoms with van der Waals surface area (Å²) in [4.78, 5) is 20.5. The van der Waals surface area contributed by atoms with Crippen molar-refractivity contribution in [2.75, 3.05) is 32.0 Å². The van der Waals surface area contributed by atoms with E-state index in [2.05, 4.69) is 27.2 Å². The van der Waals surface area contributed by atoms with Crippen molar-refractivity contribution < 1.29 is 0 Å². The lowest BCUT2D eigenvalue weighted by Gasteiger charge is -2.28. The molecule has 0 saturated carbocycles. The van der Waals surface area contributed by atoms with Gasteiger partial charge in [-0.05, 0) is 52.2 Å². The van der Waals surface area contributed by atoms with Crippen LogP contribution in [0.15, 0.2) is 10.9 Å². The minimum absolute atomic E-state index is 0.0932. The molecule has 1 aromatic heterocycles. The average Bonchev–Trinajstić information content (AvgIpc) is 2.30. The molecular weight excluding hydrogens is 228 g/mol. The van der Waals surface area contributed by atoms with Crippen LogP contribution in [0.5, 0.6) is 0 Å². The fourth-order valence-corrected chi connectivity index (χ4v) is 2.43. The average molecular weight is 250 g/mol. The molecule has 100 valence electrons. The number of hydrogen-bond acceptors (Lipinski definition) is 4. The highest BCUT2D eigenvalue weighted by Crippen LogP contribution is 2.19. The summed E-state index contributed by atoms with van der Waals surface area (Å²) in [6, 6.07) is 1.52. The number of anilines is 1. The first-order valence-electron chi connectivity index (χ1n) is 6.64. The van der Waals surface area contributed by atoms with Gasteiger partial charge in [-0.25, -0.2) is 4.98 Å². The Labute approximate surface area is 108 Å². The van der Waals surface area contributed by atoms with Crippen molar-refractivity contribution in [2.24, 2.45) is 5.92 Å². The van der Waals surface area contributed by atoms with Gasteiger partial charge in [-0.15, -0.1) is 0 Å². The van der Waals surface area contributed by atoms with Crippen LogP contribution in [0, 0.1) is 12.8 Å². The maximum absolute atomic E-state index is 11.3. The van der Waals surface area contributed by atoms with Gasteiger partial charge in [-0.3, -0.25) is 4.79 Å². The van der Waals surface area contributed by atoms with E-state index in [0.717, 1.165) is 18.9 Å². The zero-order chi connectivity index (χ0) is 13.0. The van der Waals surface area contributed by atoms with Crippen LogP contribution in [0.3, 0.4) is 0 Å². The van der Waals surface area contributed by atoms with Crippen LogP contribution in [-0.2, 0) is 0 Å². The number of nitrogens with one attached hydrogen (secondary N) is 2. The Hall–Kier alpha value is -1.36. The van der Waals surface area contributed by atoms with Crippen LogP contribution in [0.4, 0.5) is 5.82 Å². The minimum Gasteiger partial charge on any atom is -0.370 e. The molecule has 0 spiro atoms. The molecule has 0 aliphatic carbocycles. The first-order chi connectivity index (χ1) is 8.63. The predicted molar refractivity (Wildman–Crippen MR) is 72.9 cm³/mol. The molecule has 0 aromatic carbocycles. The number of nitrogens with zero attached hydrogens (tertiary/aromatic N) is 2. The van der Waals surface area contributed by atoms with Gasteiger partial charge in [0.1, 0.15) is 11.6 Å². The monoisotopic (exact) mass is 250 g/mol. The molecule has 0 bridgehead atoms. The number of aromatic amines is 1. The standard InChI is InChI=1S/C13H22N4O/c1-10-15-12(9-13(18)16-10)14-6-3-11-4-7-17(2)8-5-11/h9,11H,3-8H2,1-2H3,(H2,14,15,16,18). The Balaban J connectivity index is 1.76. The number of H-pyrrole nitrogens is 1. The van der Waals surface area contributed by atoms with E-state index in [1.54, 1.807) is 6.92 Å². The fraction of sp³-hybridized carbons (Fsp3) is 0.692. The van der Waals surface area contributed by atoms with Crippen molar-refractivity contribution in [1.82, 2.24) is 14.9 Å². The zero-order valence-electron chi connectivity index (χ0n) is 11.2. The molecule has 1 fully saturated rings. The normalized spacial score (nSPS) is 17.9. The summed E-state index contributed by atoms with van der Waals surface area (Å²) in [7, 11) is 2.18. The van der Waals surface area contributed by atoms with Gasteiger partial charge in [-0.1, -0.05) is 0 Å². The third-order valence-electron chi connectivity index (χ3n) is 3.56. The molecule has 18 heavy (non-hydrogen) atoms. The molecule has 0 amide bonds. The van der Waals surface area contributed by atoms with Crippen molar-refractivity contribution in [3.63, 3.8) is 0 Å². The van der Waals surface area contributed by atoms with E-state index < -0.39 is 0 Å². The van der Waals surface area contributed by atoms with Gasteiger partial charge in [-0.2, -0.15) is 0 Å². The van der Waals surface area contributed by atoms with Gasteiger partial charge in [0.05, 0.1) is 0 Å². The molecule has 1 saturated heterocycles. The van der Waals surface area contributed by atoms with Crippen LogP contribution in [-0.4, -0.2) is 41.5 Å². The van der Waals surface area contributed by atoms with Gasteiger partial charge in [0.25, 0.3) is 5.56 Å². The van der Waals surface area contributed by atoms with Crippen LogP contribution < -0.4 is 10.9 Å². The molecule has 0 atom stereocenters. The van der Waals surface area contributed by atoms with Gasteiger partial charge < -0.3 is 15.2 Å². The molecule has 2 rings (SSSR count). The quantitative estimate of drug-likeness (QED) is 0.843. The molecule has 1 aliphatic heterocycles. The highest BCUT2D eigenvalue weighted by atomic mass is 16.1. The van der Waals surface area contributed by atoms with Crippen molar-refractivity contribution in [3.8, 4) is 0 Å². The lowest BCUT2D eigenvalue weighted by Crippen LogP contribution is -2.31. The van der Waals surface area contributed by atoms with Crippen molar-refractivity contribution in [3.05, 3.63) is 22.2 Å². The summed E-state index contributed by atoms with van der Waals surface area (Å²) in [5.41, 5.74) is -0.0932. The Morgan fingerprint density at radius 2 is 2.22 bits per heavy atom. The second kappa shape index (κ2) is 6.00. The maximum atomic E-state index is 11.3. The zero-order valence-corrected chi connectivity index (χ0v) is 11.2. The lowest BCUT2D eigenvalue weighted by molar-refractivity contribution is 0.215. The third kappa shape index (κ3) is 3.84. The summed E-state index contributed by atoms with van der Waals surface area (Å²) in [6.07, 6.45) is 3.71. The van der Waals surface area contributed by atoms with Crippen molar-refractivity contribution in [1.29, 1.82) is 0 Å². The third-order valence-corrected chi connectivity index (χ3v) is 3.56. The highest BCUT2D eigenvalue weighted by Gasteiger charge is 2.15. The summed E-state index contributed by atoms with van der Waals surface area (Å²) in [5, 5.41) is 3.24. The number of rotatable bonds is 4. The van der Waals surface area contributed by atoms with Crippen LogP contribution >= 0.6 is 0 Å². The van der Waals surface area contributed by atoms with E-state index in [1.807, 2.05) is 0 Å². The predicted octanol–water partition coefficient (Wildman–Crippen LogP) is 1.22. The summed E-state index contributed by atoms with van der Waals surface area (Å²) in [6.45, 7) is 5.09. The molecule has 5 nitrogen and oxygen atoms in total. The number of likely N-dealkylation sites (tertiary alicyclic amines) is 1. The Kier molecular flexibility index (Phi) is 4.36. The molecule has 5 heteroatoms. The van der Waals surface area contributed by atoms with Crippen LogP contribution in [0.25, 0.3) is 0 Å². The largest absolute Gasteiger partial charge is 0.370 e. The van der Waals surface area contributed by atoms with E-state index in [9.17, 15) is 4.79 Å². The smallest absolute Gasteiger partial charge is 0.252 e. The van der Waals surface area contributed by atoms with Gasteiger partial charge in [0.2, 0.25) is 0 Å². The second-order valence-electron chi connectivity index (χ2n) is 5.18. The lowest BCUT2D eigenvalue weighted by atomic mass is 9.94. The van der Waals surface area contributed by atoms with E-state index in [0.29, 0.717) is 11.6 Å².